The Hall–Kier alpha value is -2.53. The van der Waals surface area contributed by atoms with E-state index in [0.717, 1.165) is 29.9 Å². The number of aryl methyl sites for hydroxylation is 1. The van der Waals surface area contributed by atoms with Crippen LogP contribution in [0.3, 0.4) is 0 Å². The van der Waals surface area contributed by atoms with Gasteiger partial charge < -0.3 is 15.5 Å². The molecular weight excluding hydrogens is 350 g/mol. The number of anilines is 3. The van der Waals surface area contributed by atoms with Gasteiger partial charge in [0.1, 0.15) is 6.04 Å². The number of rotatable bonds is 5. The van der Waals surface area contributed by atoms with Crippen molar-refractivity contribution in [2.75, 3.05) is 22.1 Å². The van der Waals surface area contributed by atoms with Gasteiger partial charge in [-0.3, -0.25) is 9.59 Å². The van der Waals surface area contributed by atoms with Crippen LogP contribution in [0.5, 0.6) is 0 Å². The van der Waals surface area contributed by atoms with Gasteiger partial charge in [0.05, 0.1) is 0 Å². The summed E-state index contributed by atoms with van der Waals surface area (Å²) in [5.74, 6) is 0.0202. The third kappa shape index (κ3) is 4.17. The summed E-state index contributed by atoms with van der Waals surface area (Å²) in [6, 6.07) is 12.4. The zero-order valence-corrected chi connectivity index (χ0v) is 15.6. The average Bonchev–Trinajstić information content (AvgIpc) is 3.01. The van der Waals surface area contributed by atoms with Crippen molar-refractivity contribution in [2.24, 2.45) is 0 Å². The van der Waals surface area contributed by atoms with Crippen LogP contribution < -0.4 is 15.5 Å². The molecule has 0 saturated carbocycles. The average molecular weight is 372 g/mol. The molecule has 0 unspecified atom stereocenters. The van der Waals surface area contributed by atoms with E-state index in [2.05, 4.69) is 10.6 Å². The van der Waals surface area contributed by atoms with Gasteiger partial charge in [0.2, 0.25) is 11.8 Å². The molecule has 0 bridgehead atoms. The molecule has 1 aliphatic rings. The lowest BCUT2D eigenvalue weighted by molar-refractivity contribution is -0.117. The number of hydrogen-bond acceptors (Lipinski definition) is 3. The van der Waals surface area contributed by atoms with Gasteiger partial charge in [-0.1, -0.05) is 17.7 Å². The van der Waals surface area contributed by atoms with Gasteiger partial charge >= 0.3 is 0 Å². The van der Waals surface area contributed by atoms with Gasteiger partial charge in [0.25, 0.3) is 0 Å². The summed E-state index contributed by atoms with van der Waals surface area (Å²) in [6.07, 6.45) is 1.51. The molecule has 2 aromatic carbocycles. The highest BCUT2D eigenvalue weighted by Gasteiger charge is 2.23. The number of nitrogens with zero attached hydrogens (tertiary/aromatic N) is 1. The van der Waals surface area contributed by atoms with Crippen LogP contribution in [0.15, 0.2) is 42.5 Å². The van der Waals surface area contributed by atoms with E-state index in [1.807, 2.05) is 30.0 Å². The minimum Gasteiger partial charge on any atom is -0.374 e. The standard InChI is InChI=1S/C20H22ClN3O2/c1-13-11-17(8-9-18(13)24-10-4-7-19(24)25)22-14(2)20(26)23-16-6-3-5-15(21)12-16/h3,5-6,8-9,11-12,14,22H,4,7,10H2,1-2H3,(H,23,26)/t14-/m1/s1. The first-order valence-electron chi connectivity index (χ1n) is 8.68. The highest BCUT2D eigenvalue weighted by molar-refractivity contribution is 6.30. The zero-order valence-electron chi connectivity index (χ0n) is 14.9. The SMILES string of the molecule is Cc1cc(N[C@H](C)C(=O)Nc2cccc(Cl)c2)ccc1N1CCCC1=O. The van der Waals surface area contributed by atoms with E-state index in [1.54, 1.807) is 31.2 Å². The molecule has 26 heavy (non-hydrogen) atoms. The monoisotopic (exact) mass is 371 g/mol. The second-order valence-corrected chi connectivity index (χ2v) is 6.95. The van der Waals surface area contributed by atoms with E-state index in [4.69, 9.17) is 11.6 Å². The Kier molecular flexibility index (Phi) is 5.47. The molecule has 0 radical (unpaired) electrons. The van der Waals surface area contributed by atoms with E-state index in [9.17, 15) is 9.59 Å². The van der Waals surface area contributed by atoms with Crippen molar-refractivity contribution in [2.45, 2.75) is 32.7 Å². The first-order valence-corrected chi connectivity index (χ1v) is 9.06. The van der Waals surface area contributed by atoms with Crippen molar-refractivity contribution in [3.05, 3.63) is 53.1 Å². The van der Waals surface area contributed by atoms with Gasteiger partial charge in [-0.2, -0.15) is 0 Å². The molecule has 136 valence electrons. The fourth-order valence-electron chi connectivity index (χ4n) is 3.08. The lowest BCUT2D eigenvalue weighted by atomic mass is 10.1. The molecule has 6 heteroatoms. The van der Waals surface area contributed by atoms with E-state index in [0.29, 0.717) is 17.1 Å². The van der Waals surface area contributed by atoms with Crippen molar-refractivity contribution in [3.8, 4) is 0 Å². The maximum atomic E-state index is 12.4. The molecule has 2 amide bonds. The van der Waals surface area contributed by atoms with Crippen LogP contribution in [0.2, 0.25) is 5.02 Å². The first kappa shape index (κ1) is 18.3. The normalized spacial score (nSPS) is 15.0. The molecule has 1 fully saturated rings. The second kappa shape index (κ2) is 7.79. The number of benzene rings is 2. The molecule has 0 spiro atoms. The van der Waals surface area contributed by atoms with Crippen molar-refractivity contribution in [3.63, 3.8) is 0 Å². The maximum Gasteiger partial charge on any atom is 0.246 e. The van der Waals surface area contributed by atoms with Crippen molar-refractivity contribution >= 4 is 40.5 Å². The van der Waals surface area contributed by atoms with E-state index < -0.39 is 6.04 Å². The van der Waals surface area contributed by atoms with Gasteiger partial charge in [-0.25, -0.2) is 0 Å². The van der Waals surface area contributed by atoms with Crippen LogP contribution >= 0.6 is 11.6 Å². The molecule has 0 aromatic heterocycles. The Balaban J connectivity index is 1.65. The minimum absolute atomic E-state index is 0.149. The van der Waals surface area contributed by atoms with Gasteiger partial charge in [-0.05, 0) is 62.2 Å². The lowest BCUT2D eigenvalue weighted by Crippen LogP contribution is -2.32. The largest absolute Gasteiger partial charge is 0.374 e. The van der Waals surface area contributed by atoms with Crippen LogP contribution in [0.1, 0.15) is 25.3 Å². The van der Waals surface area contributed by atoms with Crippen molar-refractivity contribution < 1.29 is 9.59 Å². The molecule has 1 saturated heterocycles. The van der Waals surface area contributed by atoms with Gasteiger partial charge in [0.15, 0.2) is 0 Å². The molecular formula is C20H22ClN3O2. The third-order valence-electron chi connectivity index (χ3n) is 4.43. The third-order valence-corrected chi connectivity index (χ3v) is 4.66. The van der Waals surface area contributed by atoms with Crippen LogP contribution in [-0.2, 0) is 9.59 Å². The predicted molar refractivity (Wildman–Crippen MR) is 106 cm³/mol. The number of amides is 2. The molecule has 0 aliphatic carbocycles. The van der Waals surface area contributed by atoms with E-state index >= 15 is 0 Å². The Morgan fingerprint density at radius 1 is 1.19 bits per heavy atom. The van der Waals surface area contributed by atoms with Crippen LogP contribution in [0.25, 0.3) is 0 Å². The lowest BCUT2D eigenvalue weighted by Gasteiger charge is -2.20. The summed E-state index contributed by atoms with van der Waals surface area (Å²) in [7, 11) is 0. The fourth-order valence-corrected chi connectivity index (χ4v) is 3.27. The zero-order chi connectivity index (χ0) is 18.7. The number of nitrogens with one attached hydrogen (secondary N) is 2. The Morgan fingerprint density at radius 3 is 2.65 bits per heavy atom. The van der Waals surface area contributed by atoms with Crippen LogP contribution in [0, 0.1) is 6.92 Å². The number of carbonyl (C=O) groups excluding carboxylic acids is 2. The summed E-state index contributed by atoms with van der Waals surface area (Å²) >= 11 is 5.94. The number of carbonyl (C=O) groups is 2. The summed E-state index contributed by atoms with van der Waals surface area (Å²) < 4.78 is 0. The fraction of sp³-hybridized carbons (Fsp3) is 0.300. The second-order valence-electron chi connectivity index (χ2n) is 6.52. The molecule has 1 atom stereocenters. The quantitative estimate of drug-likeness (QED) is 0.827. The number of hydrogen-bond donors (Lipinski definition) is 2. The Labute approximate surface area is 158 Å². The van der Waals surface area contributed by atoms with Crippen LogP contribution in [-0.4, -0.2) is 24.4 Å². The Morgan fingerprint density at radius 2 is 2.00 bits per heavy atom. The molecule has 1 heterocycles. The van der Waals surface area contributed by atoms with E-state index in [1.165, 1.54) is 0 Å². The molecule has 1 aliphatic heterocycles. The summed E-state index contributed by atoms with van der Waals surface area (Å²) in [6.45, 7) is 4.54. The molecule has 3 rings (SSSR count). The maximum absolute atomic E-state index is 12.4. The van der Waals surface area contributed by atoms with Crippen molar-refractivity contribution in [1.29, 1.82) is 0 Å². The molecule has 5 nitrogen and oxygen atoms in total. The van der Waals surface area contributed by atoms with Gasteiger partial charge in [-0.15, -0.1) is 0 Å². The molecule has 2 aromatic rings. The minimum atomic E-state index is -0.423. The smallest absolute Gasteiger partial charge is 0.246 e. The summed E-state index contributed by atoms with van der Waals surface area (Å²) in [4.78, 5) is 26.1. The first-order chi connectivity index (χ1) is 12.4. The van der Waals surface area contributed by atoms with E-state index in [-0.39, 0.29) is 11.8 Å². The van der Waals surface area contributed by atoms with Gasteiger partial charge in [0, 0.05) is 35.1 Å². The number of halogens is 1. The highest BCUT2D eigenvalue weighted by atomic mass is 35.5. The Bertz CT molecular complexity index is 838. The predicted octanol–water partition coefficient (Wildman–Crippen LogP) is 4.21. The van der Waals surface area contributed by atoms with Crippen molar-refractivity contribution in [1.82, 2.24) is 0 Å². The summed E-state index contributed by atoms with van der Waals surface area (Å²) in [5.41, 5.74) is 3.45. The molecule has 2 N–H and O–H groups in total. The highest BCUT2D eigenvalue weighted by Crippen LogP contribution is 2.27. The summed E-state index contributed by atoms with van der Waals surface area (Å²) in [5, 5.41) is 6.61. The topological polar surface area (TPSA) is 61.4 Å². The van der Waals surface area contributed by atoms with Crippen LogP contribution in [0.4, 0.5) is 17.1 Å².